The summed E-state index contributed by atoms with van der Waals surface area (Å²) in [7, 11) is 0. The van der Waals surface area contributed by atoms with Crippen molar-refractivity contribution in [1.29, 1.82) is 0 Å². The molecule has 1 fully saturated rings. The van der Waals surface area contributed by atoms with Crippen LogP contribution in [0.4, 0.5) is 5.82 Å². The second-order valence-electron chi connectivity index (χ2n) is 5.65. The number of aromatic nitrogens is 2. The summed E-state index contributed by atoms with van der Waals surface area (Å²) in [6.45, 7) is 2.14. The van der Waals surface area contributed by atoms with Gasteiger partial charge in [0.1, 0.15) is 5.82 Å². The van der Waals surface area contributed by atoms with E-state index in [2.05, 4.69) is 22.2 Å². The van der Waals surface area contributed by atoms with Crippen LogP contribution in [0, 0.1) is 5.92 Å². The van der Waals surface area contributed by atoms with Gasteiger partial charge in [0.05, 0.1) is 5.52 Å². The molecular weight excluding hydrogens is 266 g/mol. The Balaban J connectivity index is 1.96. The maximum absolute atomic E-state index is 11.2. The molecule has 2 N–H and O–H groups in total. The molecule has 0 aliphatic heterocycles. The van der Waals surface area contributed by atoms with Gasteiger partial charge in [-0.25, -0.2) is 14.8 Å². The van der Waals surface area contributed by atoms with Crippen molar-refractivity contribution in [3.63, 3.8) is 0 Å². The lowest BCUT2D eigenvalue weighted by molar-refractivity contribution is 0.0684. The normalized spacial score (nSPS) is 15.9. The largest absolute Gasteiger partial charge is 0.475 e. The number of anilines is 1. The summed E-state index contributed by atoms with van der Waals surface area (Å²) in [6, 6.07) is 7.84. The minimum absolute atomic E-state index is 0.155. The van der Waals surface area contributed by atoms with Crippen molar-refractivity contribution < 1.29 is 9.90 Å². The Labute approximate surface area is 123 Å². The van der Waals surface area contributed by atoms with Gasteiger partial charge in [-0.1, -0.05) is 31.9 Å². The van der Waals surface area contributed by atoms with Gasteiger partial charge in [0.25, 0.3) is 0 Å². The monoisotopic (exact) mass is 285 g/mol. The SMILES string of the molecule is CCC(CC1CC1)Nc1nc(C(=O)O)nc2ccccc12. The number of aromatic carboxylic acids is 1. The summed E-state index contributed by atoms with van der Waals surface area (Å²) in [6.07, 6.45) is 4.74. The third-order valence-electron chi connectivity index (χ3n) is 3.94. The highest BCUT2D eigenvalue weighted by Gasteiger charge is 2.25. The minimum Gasteiger partial charge on any atom is -0.475 e. The third-order valence-corrected chi connectivity index (χ3v) is 3.94. The van der Waals surface area contributed by atoms with E-state index < -0.39 is 5.97 Å². The molecule has 0 saturated heterocycles. The molecule has 5 nitrogen and oxygen atoms in total. The molecule has 1 unspecified atom stereocenters. The molecule has 1 aliphatic rings. The van der Waals surface area contributed by atoms with Gasteiger partial charge in [-0.15, -0.1) is 0 Å². The van der Waals surface area contributed by atoms with Crippen molar-refractivity contribution in [1.82, 2.24) is 9.97 Å². The van der Waals surface area contributed by atoms with Gasteiger partial charge in [0.15, 0.2) is 0 Å². The van der Waals surface area contributed by atoms with E-state index in [1.807, 2.05) is 24.3 Å². The molecule has 1 aliphatic carbocycles. The first-order valence-electron chi connectivity index (χ1n) is 7.44. The van der Waals surface area contributed by atoms with Crippen LogP contribution in [-0.4, -0.2) is 27.1 Å². The molecule has 0 bridgehead atoms. The molecule has 0 radical (unpaired) electrons. The zero-order valence-corrected chi connectivity index (χ0v) is 12.0. The van der Waals surface area contributed by atoms with Gasteiger partial charge in [0.2, 0.25) is 5.82 Å². The fourth-order valence-corrected chi connectivity index (χ4v) is 2.56. The van der Waals surface area contributed by atoms with E-state index in [0.29, 0.717) is 17.4 Å². The number of benzene rings is 1. The Morgan fingerprint density at radius 1 is 1.38 bits per heavy atom. The number of fused-ring (bicyclic) bond motifs is 1. The number of rotatable bonds is 6. The Morgan fingerprint density at radius 3 is 2.81 bits per heavy atom. The van der Waals surface area contributed by atoms with Crippen LogP contribution in [0.2, 0.25) is 0 Å². The maximum atomic E-state index is 11.2. The predicted octanol–water partition coefficient (Wildman–Crippen LogP) is 3.32. The lowest BCUT2D eigenvalue weighted by Crippen LogP contribution is -2.21. The average molecular weight is 285 g/mol. The molecule has 0 amide bonds. The zero-order chi connectivity index (χ0) is 14.8. The number of hydrogen-bond acceptors (Lipinski definition) is 4. The highest BCUT2D eigenvalue weighted by molar-refractivity contribution is 5.93. The van der Waals surface area contributed by atoms with Crippen LogP contribution in [-0.2, 0) is 0 Å². The van der Waals surface area contributed by atoms with Crippen LogP contribution in [0.25, 0.3) is 10.9 Å². The van der Waals surface area contributed by atoms with Gasteiger partial charge in [-0.2, -0.15) is 0 Å². The maximum Gasteiger partial charge on any atom is 0.374 e. The minimum atomic E-state index is -1.10. The highest BCUT2D eigenvalue weighted by atomic mass is 16.4. The van der Waals surface area contributed by atoms with Crippen molar-refractivity contribution in [3.8, 4) is 0 Å². The number of hydrogen-bond donors (Lipinski definition) is 2. The van der Waals surface area contributed by atoms with Crippen LogP contribution in [0.15, 0.2) is 24.3 Å². The Bertz CT molecular complexity index is 668. The number of nitrogens with one attached hydrogen (secondary N) is 1. The first-order chi connectivity index (χ1) is 10.2. The van der Waals surface area contributed by atoms with Gasteiger partial charge < -0.3 is 10.4 Å². The lowest BCUT2D eigenvalue weighted by Gasteiger charge is -2.18. The van der Waals surface area contributed by atoms with E-state index in [1.165, 1.54) is 12.8 Å². The lowest BCUT2D eigenvalue weighted by atomic mass is 10.1. The summed E-state index contributed by atoms with van der Waals surface area (Å²) in [5.74, 6) is 0.191. The first-order valence-corrected chi connectivity index (χ1v) is 7.44. The average Bonchev–Trinajstić information content (AvgIpc) is 3.30. The number of para-hydroxylation sites is 1. The summed E-state index contributed by atoms with van der Waals surface area (Å²) >= 11 is 0. The second kappa shape index (κ2) is 5.68. The molecular formula is C16H19N3O2. The second-order valence-corrected chi connectivity index (χ2v) is 5.65. The fraction of sp³-hybridized carbons (Fsp3) is 0.438. The topological polar surface area (TPSA) is 75.1 Å². The van der Waals surface area contributed by atoms with Gasteiger partial charge in [-0.05, 0) is 30.9 Å². The van der Waals surface area contributed by atoms with E-state index in [4.69, 9.17) is 5.11 Å². The third kappa shape index (κ3) is 3.12. The number of nitrogens with zero attached hydrogens (tertiary/aromatic N) is 2. The zero-order valence-electron chi connectivity index (χ0n) is 12.0. The van der Waals surface area contributed by atoms with Crippen molar-refractivity contribution in [2.24, 2.45) is 5.92 Å². The van der Waals surface area contributed by atoms with Crippen molar-refractivity contribution in [2.75, 3.05) is 5.32 Å². The van der Waals surface area contributed by atoms with E-state index in [9.17, 15) is 4.79 Å². The Morgan fingerprint density at radius 2 is 2.14 bits per heavy atom. The first kappa shape index (κ1) is 13.8. The molecule has 110 valence electrons. The molecule has 21 heavy (non-hydrogen) atoms. The highest BCUT2D eigenvalue weighted by Crippen LogP contribution is 2.35. The van der Waals surface area contributed by atoms with Crippen molar-refractivity contribution in [2.45, 2.75) is 38.6 Å². The van der Waals surface area contributed by atoms with E-state index in [0.717, 1.165) is 24.1 Å². The van der Waals surface area contributed by atoms with Crippen molar-refractivity contribution in [3.05, 3.63) is 30.1 Å². The Hall–Kier alpha value is -2.17. The van der Waals surface area contributed by atoms with E-state index in [-0.39, 0.29) is 5.82 Å². The molecule has 1 aromatic carbocycles. The van der Waals surface area contributed by atoms with Crippen LogP contribution in [0.5, 0.6) is 0 Å². The molecule has 0 spiro atoms. The van der Waals surface area contributed by atoms with Crippen LogP contribution >= 0.6 is 0 Å². The summed E-state index contributed by atoms with van der Waals surface area (Å²) < 4.78 is 0. The van der Waals surface area contributed by atoms with E-state index >= 15 is 0 Å². The van der Waals surface area contributed by atoms with Gasteiger partial charge in [0, 0.05) is 11.4 Å². The molecule has 1 atom stereocenters. The molecule has 2 aromatic rings. The summed E-state index contributed by atoms with van der Waals surface area (Å²) in [5, 5.41) is 13.5. The standard InChI is InChI=1S/C16H19N3O2/c1-2-11(9-10-7-8-10)17-14-12-5-3-4-6-13(12)18-15(19-14)16(20)21/h3-6,10-11H,2,7-9H2,1H3,(H,20,21)(H,17,18,19). The van der Waals surface area contributed by atoms with E-state index in [1.54, 1.807) is 0 Å². The predicted molar refractivity (Wildman–Crippen MR) is 81.5 cm³/mol. The molecule has 5 heteroatoms. The molecule has 1 saturated carbocycles. The van der Waals surface area contributed by atoms with Gasteiger partial charge >= 0.3 is 5.97 Å². The number of carbonyl (C=O) groups is 1. The van der Waals surface area contributed by atoms with Gasteiger partial charge in [-0.3, -0.25) is 0 Å². The quantitative estimate of drug-likeness (QED) is 0.851. The van der Waals surface area contributed by atoms with Crippen LogP contribution in [0.1, 0.15) is 43.2 Å². The molecule has 1 heterocycles. The summed E-state index contributed by atoms with van der Waals surface area (Å²) in [4.78, 5) is 19.5. The smallest absolute Gasteiger partial charge is 0.374 e. The number of carboxylic acid groups (broad SMARTS) is 1. The Kier molecular flexibility index (Phi) is 3.73. The number of carboxylic acids is 1. The van der Waals surface area contributed by atoms with Crippen LogP contribution in [0.3, 0.4) is 0 Å². The fourth-order valence-electron chi connectivity index (χ4n) is 2.56. The molecule has 1 aromatic heterocycles. The summed E-state index contributed by atoms with van der Waals surface area (Å²) in [5.41, 5.74) is 0.661. The van der Waals surface area contributed by atoms with Crippen molar-refractivity contribution >= 4 is 22.7 Å². The molecule has 3 rings (SSSR count). The van der Waals surface area contributed by atoms with Crippen LogP contribution < -0.4 is 5.32 Å².